The Morgan fingerprint density at radius 1 is 1.28 bits per heavy atom. The van der Waals surface area contributed by atoms with Gasteiger partial charge in [-0.15, -0.1) is 11.8 Å². The Hall–Kier alpha value is -1.75. The van der Waals surface area contributed by atoms with Gasteiger partial charge in [-0.05, 0) is 68.2 Å². The van der Waals surface area contributed by atoms with E-state index in [0.29, 0.717) is 5.92 Å². The number of hydrogen-bond acceptors (Lipinski definition) is 5. The number of benzene rings is 1. The van der Waals surface area contributed by atoms with Crippen molar-refractivity contribution in [3.05, 3.63) is 42.2 Å². The summed E-state index contributed by atoms with van der Waals surface area (Å²) in [6.07, 6.45) is 9.34. The molecule has 0 bridgehead atoms. The Balaban J connectivity index is 1.53. The molecule has 1 aromatic heterocycles. The molecule has 1 radical (unpaired) electrons. The van der Waals surface area contributed by atoms with Crippen molar-refractivity contribution in [1.29, 1.82) is 0 Å². The second-order valence-electron chi connectivity index (χ2n) is 6.50. The molecule has 3 rings (SSSR count). The van der Waals surface area contributed by atoms with Crippen molar-refractivity contribution in [1.82, 2.24) is 9.97 Å². The van der Waals surface area contributed by atoms with Crippen molar-refractivity contribution in [3.63, 3.8) is 0 Å². The zero-order valence-electron chi connectivity index (χ0n) is 15.2. The molecule has 0 spiro atoms. The Morgan fingerprint density at radius 3 is 2.64 bits per heavy atom. The molecule has 0 amide bonds. The molecule has 5 heteroatoms. The summed E-state index contributed by atoms with van der Waals surface area (Å²) in [4.78, 5) is 12.5. The number of nitrogens with zero attached hydrogens (tertiary/aromatic N) is 3. The van der Waals surface area contributed by atoms with Crippen LogP contribution in [0.2, 0.25) is 0 Å². The van der Waals surface area contributed by atoms with Gasteiger partial charge in [-0.1, -0.05) is 6.92 Å². The third-order valence-electron chi connectivity index (χ3n) is 4.88. The molecule has 0 unspecified atom stereocenters. The third kappa shape index (κ3) is 4.66. The number of piperidine rings is 1. The van der Waals surface area contributed by atoms with Gasteiger partial charge in [-0.3, -0.25) is 0 Å². The van der Waals surface area contributed by atoms with E-state index in [1.54, 1.807) is 11.8 Å². The van der Waals surface area contributed by atoms with Crippen LogP contribution in [0.25, 0.3) is 0 Å². The summed E-state index contributed by atoms with van der Waals surface area (Å²) < 4.78 is 6.17. The average molecular weight is 357 g/mol. The lowest BCUT2D eigenvalue weighted by molar-refractivity contribution is 0.132. The van der Waals surface area contributed by atoms with Gasteiger partial charge in [0.05, 0.1) is 6.10 Å². The van der Waals surface area contributed by atoms with E-state index in [4.69, 9.17) is 4.74 Å². The number of rotatable bonds is 6. The number of anilines is 1. The molecule has 1 aliphatic heterocycles. The molecular weight excluding hydrogens is 330 g/mol. The van der Waals surface area contributed by atoms with Crippen molar-refractivity contribution in [2.45, 2.75) is 44.1 Å². The quantitative estimate of drug-likeness (QED) is 0.724. The van der Waals surface area contributed by atoms with Crippen molar-refractivity contribution in [2.75, 3.05) is 24.2 Å². The van der Waals surface area contributed by atoms with E-state index in [9.17, 15) is 0 Å². The molecular formula is C20H26N3OS. The maximum absolute atomic E-state index is 6.17. The number of ether oxygens (including phenoxy) is 1. The number of thioether (sulfide) groups is 1. The van der Waals surface area contributed by atoms with E-state index in [-0.39, 0.29) is 6.10 Å². The Labute approximate surface area is 155 Å². The summed E-state index contributed by atoms with van der Waals surface area (Å²) in [5, 5.41) is 0. The fourth-order valence-electron chi connectivity index (χ4n) is 3.19. The van der Waals surface area contributed by atoms with Crippen LogP contribution in [-0.2, 0) is 6.42 Å². The van der Waals surface area contributed by atoms with Gasteiger partial charge in [-0.2, -0.15) is 0 Å². The predicted octanol–water partition coefficient (Wildman–Crippen LogP) is 4.24. The van der Waals surface area contributed by atoms with E-state index >= 15 is 0 Å². The summed E-state index contributed by atoms with van der Waals surface area (Å²) in [5.74, 6) is 2.33. The largest absolute Gasteiger partial charge is 0.490 e. The van der Waals surface area contributed by atoms with Gasteiger partial charge in [0.25, 0.3) is 0 Å². The van der Waals surface area contributed by atoms with Gasteiger partial charge < -0.3 is 9.64 Å². The van der Waals surface area contributed by atoms with E-state index in [1.807, 2.05) is 24.5 Å². The molecule has 2 aromatic rings. The summed E-state index contributed by atoms with van der Waals surface area (Å²) in [5.41, 5.74) is 1.19. The summed E-state index contributed by atoms with van der Waals surface area (Å²) in [7, 11) is 0. The first kappa shape index (κ1) is 18.1. The maximum Gasteiger partial charge on any atom is 0.225 e. The molecule has 0 aliphatic carbocycles. The second-order valence-corrected chi connectivity index (χ2v) is 7.38. The van der Waals surface area contributed by atoms with Crippen molar-refractivity contribution < 1.29 is 4.74 Å². The van der Waals surface area contributed by atoms with Crippen LogP contribution in [0.3, 0.4) is 0 Å². The smallest absolute Gasteiger partial charge is 0.225 e. The van der Waals surface area contributed by atoms with E-state index in [0.717, 1.165) is 44.0 Å². The average Bonchev–Trinajstić information content (AvgIpc) is 2.68. The van der Waals surface area contributed by atoms with Crippen molar-refractivity contribution in [3.8, 4) is 5.75 Å². The van der Waals surface area contributed by atoms with Gasteiger partial charge in [0.15, 0.2) is 0 Å². The van der Waals surface area contributed by atoms with Crippen LogP contribution in [0, 0.1) is 12.0 Å². The summed E-state index contributed by atoms with van der Waals surface area (Å²) in [6.45, 7) is 6.28. The highest BCUT2D eigenvalue weighted by Crippen LogP contribution is 2.27. The molecule has 25 heavy (non-hydrogen) atoms. The van der Waals surface area contributed by atoms with Crippen LogP contribution in [0.1, 0.15) is 32.3 Å². The molecule has 133 valence electrons. The van der Waals surface area contributed by atoms with Crippen LogP contribution >= 0.6 is 11.8 Å². The number of aryl methyl sites for hydroxylation is 1. The van der Waals surface area contributed by atoms with E-state index < -0.39 is 0 Å². The lowest BCUT2D eigenvalue weighted by Gasteiger charge is -2.34. The molecule has 4 nitrogen and oxygen atoms in total. The maximum atomic E-state index is 6.17. The number of aromatic nitrogens is 2. The van der Waals surface area contributed by atoms with Crippen LogP contribution in [0.5, 0.6) is 5.75 Å². The standard InChI is InChI=1S/C20H26N3OS/c1-4-16-13-21-20(22-14-16)23-10-8-17(9-11-23)15(2)24-18-6-5-7-19(12-18)25-3/h6-7,12-15,17H,4,8-11H2,1-3H3/t15-/m0/s1. The molecule has 1 atom stereocenters. The normalized spacial score (nSPS) is 16.7. The fourth-order valence-corrected chi connectivity index (χ4v) is 3.61. The molecule has 1 saturated heterocycles. The van der Waals surface area contributed by atoms with Gasteiger partial charge in [-0.25, -0.2) is 9.97 Å². The van der Waals surface area contributed by atoms with Crippen molar-refractivity contribution in [2.24, 2.45) is 5.92 Å². The SMILES string of the molecule is CCc1cnc(N2CCC([C@H](C)Oc3c[c]cc(SC)c3)CC2)nc1. The molecule has 1 aliphatic rings. The highest BCUT2D eigenvalue weighted by atomic mass is 32.2. The first-order valence-electron chi connectivity index (χ1n) is 8.97. The summed E-state index contributed by atoms with van der Waals surface area (Å²) >= 11 is 1.71. The first-order valence-corrected chi connectivity index (χ1v) is 10.2. The van der Waals surface area contributed by atoms with Crippen LogP contribution in [-0.4, -0.2) is 35.4 Å². The lowest BCUT2D eigenvalue weighted by atomic mass is 9.92. The van der Waals surface area contributed by atoms with Gasteiger partial charge in [0, 0.05) is 30.4 Å². The van der Waals surface area contributed by atoms with E-state index in [1.165, 1.54) is 10.5 Å². The van der Waals surface area contributed by atoms with Gasteiger partial charge in [0.2, 0.25) is 5.95 Å². The minimum atomic E-state index is 0.205. The number of hydrogen-bond donors (Lipinski definition) is 0. The second kappa shape index (κ2) is 8.56. The molecule has 2 heterocycles. The van der Waals surface area contributed by atoms with Gasteiger partial charge in [0.1, 0.15) is 5.75 Å². The molecule has 1 fully saturated rings. The van der Waals surface area contributed by atoms with Crippen LogP contribution < -0.4 is 9.64 Å². The van der Waals surface area contributed by atoms with Crippen LogP contribution in [0.4, 0.5) is 5.95 Å². The minimum Gasteiger partial charge on any atom is -0.490 e. The first-order chi connectivity index (χ1) is 12.2. The van der Waals surface area contributed by atoms with Crippen LogP contribution in [0.15, 0.2) is 35.5 Å². The minimum absolute atomic E-state index is 0.205. The fraction of sp³-hybridized carbons (Fsp3) is 0.500. The molecule has 0 N–H and O–H groups in total. The zero-order valence-corrected chi connectivity index (χ0v) is 16.1. The van der Waals surface area contributed by atoms with Gasteiger partial charge >= 0.3 is 0 Å². The van der Waals surface area contributed by atoms with Crippen molar-refractivity contribution >= 4 is 17.7 Å². The Morgan fingerprint density at radius 2 is 2.00 bits per heavy atom. The molecule has 1 aromatic carbocycles. The zero-order chi connectivity index (χ0) is 17.6. The topological polar surface area (TPSA) is 38.2 Å². The summed E-state index contributed by atoms with van der Waals surface area (Å²) in [6, 6.07) is 9.16. The molecule has 0 saturated carbocycles. The highest BCUT2D eigenvalue weighted by molar-refractivity contribution is 7.98. The third-order valence-corrected chi connectivity index (χ3v) is 5.59. The lowest BCUT2D eigenvalue weighted by Crippen LogP contribution is -2.39. The Bertz CT molecular complexity index is 669. The van der Waals surface area contributed by atoms with E-state index in [2.05, 4.69) is 47.1 Å². The highest BCUT2D eigenvalue weighted by Gasteiger charge is 2.26. The predicted molar refractivity (Wildman–Crippen MR) is 103 cm³/mol. The monoisotopic (exact) mass is 356 g/mol. The Kier molecular flexibility index (Phi) is 6.19.